The van der Waals surface area contributed by atoms with E-state index in [1.54, 1.807) is 6.07 Å². The number of halogens is 3. The molecule has 0 aliphatic carbocycles. The Labute approximate surface area is 161 Å². The first-order chi connectivity index (χ1) is 12.6. The van der Waals surface area contributed by atoms with Gasteiger partial charge in [0.2, 0.25) is 0 Å². The molecule has 0 atom stereocenters. The molecule has 0 amide bonds. The molecule has 10 heteroatoms. The quantitative estimate of drug-likeness (QED) is 0.735. The van der Waals surface area contributed by atoms with Crippen LogP contribution in [0.25, 0.3) is 0 Å². The van der Waals surface area contributed by atoms with Crippen molar-refractivity contribution in [2.45, 2.75) is 62.3 Å². The number of hydrogen-bond donors (Lipinski definition) is 0. The van der Waals surface area contributed by atoms with E-state index in [0.29, 0.717) is 18.0 Å². The van der Waals surface area contributed by atoms with Crippen LogP contribution in [0.4, 0.5) is 13.2 Å². The van der Waals surface area contributed by atoms with Crippen LogP contribution in [-0.4, -0.2) is 29.1 Å². The highest BCUT2D eigenvalue weighted by atomic mass is 32.2. The van der Waals surface area contributed by atoms with Crippen molar-refractivity contribution in [3.63, 3.8) is 0 Å². The molecular weight excluding hydrogens is 397 g/mol. The van der Waals surface area contributed by atoms with Crippen molar-refractivity contribution in [3.8, 4) is 0 Å². The SMILES string of the molecule is CC(C)(C)c1cc(CC(=O)C(C)(C)S(=O)(=O)c2ccc(C(F)(F)F)nc2)no1. The molecule has 0 saturated carbocycles. The van der Waals surface area contributed by atoms with Gasteiger partial charge >= 0.3 is 6.18 Å². The lowest BCUT2D eigenvalue weighted by Gasteiger charge is -2.23. The van der Waals surface area contributed by atoms with E-state index < -0.39 is 37.1 Å². The molecule has 2 aromatic rings. The Kier molecular flexibility index (Phi) is 5.50. The molecule has 0 unspecified atom stereocenters. The molecule has 0 radical (unpaired) electrons. The summed E-state index contributed by atoms with van der Waals surface area (Å²) in [5, 5.41) is 3.80. The standard InChI is InChI=1S/C18H21F3N2O4S/c1-16(2,3)15-9-11(23-27-15)8-14(24)17(4,5)28(25,26)12-6-7-13(22-10-12)18(19,20)21/h6-7,9-10H,8H2,1-5H3. The van der Waals surface area contributed by atoms with Gasteiger partial charge in [-0.25, -0.2) is 8.42 Å². The molecule has 28 heavy (non-hydrogen) atoms. The van der Waals surface area contributed by atoms with Crippen molar-refractivity contribution in [2.75, 3.05) is 0 Å². The minimum atomic E-state index is -4.69. The topological polar surface area (TPSA) is 90.1 Å². The third kappa shape index (κ3) is 4.26. The lowest BCUT2D eigenvalue weighted by Crippen LogP contribution is -2.41. The van der Waals surface area contributed by atoms with Gasteiger partial charge in [-0.05, 0) is 26.0 Å². The maximum absolute atomic E-state index is 12.8. The van der Waals surface area contributed by atoms with Gasteiger partial charge in [-0.2, -0.15) is 13.2 Å². The number of ketones is 1. The maximum atomic E-state index is 12.8. The summed E-state index contributed by atoms with van der Waals surface area (Å²) in [5.74, 6) is -0.121. The second-order valence-corrected chi connectivity index (χ2v) is 10.4. The van der Waals surface area contributed by atoms with Crippen molar-refractivity contribution in [1.82, 2.24) is 10.1 Å². The Balaban J connectivity index is 2.28. The number of alkyl halides is 3. The molecule has 6 nitrogen and oxygen atoms in total. The van der Waals surface area contributed by atoms with E-state index in [2.05, 4.69) is 10.1 Å². The van der Waals surface area contributed by atoms with Crippen LogP contribution in [0.1, 0.15) is 51.8 Å². The maximum Gasteiger partial charge on any atom is 0.433 e. The fourth-order valence-corrected chi connectivity index (χ4v) is 3.68. The first kappa shape index (κ1) is 22.1. The summed E-state index contributed by atoms with van der Waals surface area (Å²) in [7, 11) is -4.28. The van der Waals surface area contributed by atoms with Crippen LogP contribution in [-0.2, 0) is 32.6 Å². The summed E-state index contributed by atoms with van der Waals surface area (Å²) in [6, 6.07) is 2.95. The number of Topliss-reactive ketones (excluding diaryl/α,β-unsaturated/α-hetero) is 1. The highest BCUT2D eigenvalue weighted by Gasteiger charge is 2.43. The first-order valence-corrected chi connectivity index (χ1v) is 9.82. The number of rotatable bonds is 5. The van der Waals surface area contributed by atoms with E-state index in [-0.39, 0.29) is 17.5 Å². The van der Waals surface area contributed by atoms with Gasteiger partial charge in [-0.3, -0.25) is 9.78 Å². The fraction of sp³-hybridized carbons (Fsp3) is 0.500. The molecule has 0 saturated heterocycles. The number of carbonyl (C=O) groups excluding carboxylic acids is 1. The van der Waals surface area contributed by atoms with Crippen LogP contribution in [0.5, 0.6) is 0 Å². The highest BCUT2D eigenvalue weighted by molar-refractivity contribution is 7.93. The molecule has 154 valence electrons. The van der Waals surface area contributed by atoms with Crippen LogP contribution < -0.4 is 0 Å². The van der Waals surface area contributed by atoms with Crippen LogP contribution in [0.3, 0.4) is 0 Å². The molecule has 2 heterocycles. The molecule has 0 bridgehead atoms. The second kappa shape index (κ2) is 6.98. The summed E-state index contributed by atoms with van der Waals surface area (Å²) < 4.78 is 66.8. The summed E-state index contributed by atoms with van der Waals surface area (Å²) in [4.78, 5) is 15.4. The lowest BCUT2D eigenvalue weighted by molar-refractivity contribution is -0.141. The Morgan fingerprint density at radius 1 is 1.11 bits per heavy atom. The molecule has 0 aliphatic rings. The third-order valence-electron chi connectivity index (χ3n) is 4.32. The van der Waals surface area contributed by atoms with Gasteiger partial charge in [0, 0.05) is 17.7 Å². The normalized spacial score (nSPS) is 13.6. The van der Waals surface area contributed by atoms with Crippen molar-refractivity contribution in [2.24, 2.45) is 0 Å². The molecule has 0 aliphatic heterocycles. The number of sulfone groups is 1. The molecule has 0 fully saturated rings. The molecular formula is C18H21F3N2O4S. The average Bonchev–Trinajstić information content (AvgIpc) is 3.02. The van der Waals surface area contributed by atoms with Gasteiger partial charge in [0.15, 0.2) is 15.6 Å². The molecule has 2 rings (SSSR count). The van der Waals surface area contributed by atoms with Crippen LogP contribution in [0, 0.1) is 0 Å². The highest BCUT2D eigenvalue weighted by Crippen LogP contribution is 2.31. The van der Waals surface area contributed by atoms with Crippen molar-refractivity contribution < 1.29 is 30.9 Å². The summed E-state index contributed by atoms with van der Waals surface area (Å²) in [5.41, 5.74) is -1.27. The Hall–Kier alpha value is -2.23. The Bertz CT molecular complexity index is 969. The van der Waals surface area contributed by atoms with Crippen LogP contribution in [0.15, 0.2) is 33.8 Å². The van der Waals surface area contributed by atoms with Gasteiger partial charge in [0.05, 0.1) is 17.0 Å². The predicted octanol–water partition coefficient (Wildman–Crippen LogP) is 3.75. The number of nitrogens with zero attached hydrogens (tertiary/aromatic N) is 2. The van der Waals surface area contributed by atoms with Crippen molar-refractivity contribution in [1.29, 1.82) is 0 Å². The number of pyridine rings is 1. The fourth-order valence-electron chi connectivity index (χ4n) is 2.28. The number of aromatic nitrogens is 2. The Morgan fingerprint density at radius 2 is 1.71 bits per heavy atom. The lowest BCUT2D eigenvalue weighted by atomic mass is 9.92. The van der Waals surface area contributed by atoms with E-state index in [1.807, 2.05) is 20.8 Å². The average molecular weight is 418 g/mol. The van der Waals surface area contributed by atoms with Crippen molar-refractivity contribution in [3.05, 3.63) is 41.5 Å². The molecule has 0 spiro atoms. The zero-order chi connectivity index (χ0) is 21.5. The van der Waals surface area contributed by atoms with Gasteiger partial charge in [-0.1, -0.05) is 25.9 Å². The monoisotopic (exact) mass is 418 g/mol. The largest absolute Gasteiger partial charge is 0.433 e. The third-order valence-corrected chi connectivity index (χ3v) is 6.75. The van der Waals surface area contributed by atoms with Gasteiger partial charge in [0.1, 0.15) is 16.2 Å². The van der Waals surface area contributed by atoms with Crippen LogP contribution in [0.2, 0.25) is 0 Å². The first-order valence-electron chi connectivity index (χ1n) is 8.34. The predicted molar refractivity (Wildman–Crippen MR) is 94.4 cm³/mol. The zero-order valence-electron chi connectivity index (χ0n) is 16.1. The van der Waals surface area contributed by atoms with E-state index in [4.69, 9.17) is 4.52 Å². The zero-order valence-corrected chi connectivity index (χ0v) is 16.9. The molecule has 0 aromatic carbocycles. The number of carbonyl (C=O) groups is 1. The van der Waals surface area contributed by atoms with Gasteiger partial charge in [0.25, 0.3) is 0 Å². The number of hydrogen-bond acceptors (Lipinski definition) is 6. The second-order valence-electron chi connectivity index (χ2n) is 7.92. The van der Waals surface area contributed by atoms with Gasteiger partial charge in [-0.15, -0.1) is 0 Å². The minimum absolute atomic E-state index is 0.281. The van der Waals surface area contributed by atoms with E-state index in [1.165, 1.54) is 13.8 Å². The smallest absolute Gasteiger partial charge is 0.361 e. The van der Waals surface area contributed by atoms with Crippen molar-refractivity contribution >= 4 is 15.6 Å². The van der Waals surface area contributed by atoms with E-state index in [0.717, 1.165) is 6.07 Å². The van der Waals surface area contributed by atoms with E-state index >= 15 is 0 Å². The molecule has 0 N–H and O–H groups in total. The van der Waals surface area contributed by atoms with Crippen LogP contribution >= 0.6 is 0 Å². The minimum Gasteiger partial charge on any atom is -0.361 e. The summed E-state index contributed by atoms with van der Waals surface area (Å²) in [6.45, 7) is 8.08. The van der Waals surface area contributed by atoms with E-state index in [9.17, 15) is 26.4 Å². The summed E-state index contributed by atoms with van der Waals surface area (Å²) >= 11 is 0. The van der Waals surface area contributed by atoms with Gasteiger partial charge < -0.3 is 4.52 Å². The Morgan fingerprint density at radius 3 is 2.14 bits per heavy atom. The summed E-state index contributed by atoms with van der Waals surface area (Å²) in [6.07, 6.45) is -4.37. The molecule has 2 aromatic heterocycles.